The molecule has 3 N–H and O–H groups in total. The number of aromatic nitrogens is 1. The van der Waals surface area contributed by atoms with Gasteiger partial charge in [0.2, 0.25) is 0 Å². The summed E-state index contributed by atoms with van der Waals surface area (Å²) in [7, 11) is 0. The molecule has 108 valence electrons. The maximum absolute atomic E-state index is 11.8. The zero-order valence-electron chi connectivity index (χ0n) is 12.2. The van der Waals surface area contributed by atoms with E-state index < -0.39 is 0 Å². The van der Waals surface area contributed by atoms with Gasteiger partial charge in [-0.2, -0.15) is 0 Å². The Morgan fingerprint density at radius 1 is 1.40 bits per heavy atom. The number of esters is 1. The predicted molar refractivity (Wildman–Crippen MR) is 74.3 cm³/mol. The first kappa shape index (κ1) is 14.4. The summed E-state index contributed by atoms with van der Waals surface area (Å²) in [5.74, 6) is 0.659. The second-order valence-corrected chi connectivity index (χ2v) is 4.73. The molecule has 2 aromatic heterocycles. The van der Waals surface area contributed by atoms with Crippen LogP contribution in [-0.4, -0.2) is 17.6 Å². The van der Waals surface area contributed by atoms with Gasteiger partial charge in [-0.1, -0.05) is 0 Å². The highest BCUT2D eigenvalue weighted by Crippen LogP contribution is 2.17. The zero-order valence-corrected chi connectivity index (χ0v) is 12.2. The van der Waals surface area contributed by atoms with Crippen LogP contribution in [0.2, 0.25) is 0 Å². The summed E-state index contributed by atoms with van der Waals surface area (Å²) in [4.78, 5) is 14.9. The summed E-state index contributed by atoms with van der Waals surface area (Å²) < 4.78 is 10.3. The molecule has 0 aliphatic heterocycles. The first-order chi connectivity index (χ1) is 9.63. The lowest BCUT2D eigenvalue weighted by Crippen LogP contribution is -2.80. The first-order valence-corrected chi connectivity index (χ1v) is 6.82. The maximum Gasteiger partial charge on any atom is 0.355 e. The largest absolute Gasteiger partial charge is 0.463 e. The standard InChI is InChI=1S/C15H20N2O3/c1-4-19-15(18)14-10(2)13(11(3)17-14)9-16-8-12-6-5-7-20-12/h5-7,16-17H,4,8-9H2,1-3H3/p+1. The summed E-state index contributed by atoms with van der Waals surface area (Å²) >= 11 is 0. The Morgan fingerprint density at radius 2 is 2.20 bits per heavy atom. The summed E-state index contributed by atoms with van der Waals surface area (Å²) in [6.45, 7) is 7.70. The van der Waals surface area contributed by atoms with E-state index in [1.807, 2.05) is 26.0 Å². The molecule has 0 amide bonds. The highest BCUT2D eigenvalue weighted by atomic mass is 16.5. The van der Waals surface area contributed by atoms with Gasteiger partial charge in [-0.25, -0.2) is 4.79 Å². The minimum atomic E-state index is -0.287. The fourth-order valence-electron chi connectivity index (χ4n) is 2.29. The number of carbonyl (C=O) groups excluding carboxylic acids is 1. The van der Waals surface area contributed by atoms with Crippen LogP contribution >= 0.6 is 0 Å². The second kappa shape index (κ2) is 6.43. The Hall–Kier alpha value is -2.01. The topological polar surface area (TPSA) is 71.8 Å². The summed E-state index contributed by atoms with van der Waals surface area (Å²) in [6.07, 6.45) is 1.68. The van der Waals surface area contributed by atoms with Crippen molar-refractivity contribution >= 4 is 5.97 Å². The number of nitrogens with one attached hydrogen (secondary N) is 1. The van der Waals surface area contributed by atoms with E-state index in [9.17, 15) is 4.79 Å². The number of carbonyl (C=O) groups is 1. The second-order valence-electron chi connectivity index (χ2n) is 4.73. The third-order valence-electron chi connectivity index (χ3n) is 3.35. The van der Waals surface area contributed by atoms with Crippen LogP contribution in [0, 0.1) is 13.8 Å². The average Bonchev–Trinajstić information content (AvgIpc) is 3.01. The SMILES string of the molecule is CCOC(=O)c1[nH]c(C)c(C[NH2+]Cc2ccco2)c1C. The van der Waals surface area contributed by atoms with Crippen molar-refractivity contribution in [2.45, 2.75) is 33.9 Å². The van der Waals surface area contributed by atoms with Gasteiger partial charge in [0.15, 0.2) is 5.76 Å². The van der Waals surface area contributed by atoms with Crippen molar-refractivity contribution in [1.82, 2.24) is 4.98 Å². The van der Waals surface area contributed by atoms with Crippen LogP contribution in [0.1, 0.15) is 40.0 Å². The number of H-pyrrole nitrogens is 1. The Kier molecular flexibility index (Phi) is 4.63. The predicted octanol–water partition coefficient (Wildman–Crippen LogP) is 1.66. The summed E-state index contributed by atoms with van der Waals surface area (Å²) in [5, 5.41) is 2.15. The lowest BCUT2D eigenvalue weighted by Gasteiger charge is -2.02. The normalized spacial score (nSPS) is 10.8. The third kappa shape index (κ3) is 3.11. The van der Waals surface area contributed by atoms with E-state index in [1.54, 1.807) is 13.2 Å². The molecule has 2 heterocycles. The van der Waals surface area contributed by atoms with Gasteiger partial charge in [-0.05, 0) is 38.5 Å². The van der Waals surface area contributed by atoms with E-state index in [-0.39, 0.29) is 5.97 Å². The van der Waals surface area contributed by atoms with Crippen LogP contribution < -0.4 is 5.32 Å². The molecule has 0 fully saturated rings. The van der Waals surface area contributed by atoms with Gasteiger partial charge in [0.05, 0.1) is 12.9 Å². The van der Waals surface area contributed by atoms with Crippen molar-refractivity contribution in [3.63, 3.8) is 0 Å². The highest BCUT2D eigenvalue weighted by molar-refractivity contribution is 5.89. The lowest BCUT2D eigenvalue weighted by molar-refractivity contribution is -0.688. The minimum absolute atomic E-state index is 0.287. The average molecular weight is 277 g/mol. The molecular formula is C15H21N2O3+. The number of nitrogens with two attached hydrogens (primary N) is 1. The van der Waals surface area contributed by atoms with Gasteiger partial charge in [-0.15, -0.1) is 0 Å². The van der Waals surface area contributed by atoms with Crippen LogP contribution in [0.15, 0.2) is 22.8 Å². The van der Waals surface area contributed by atoms with Gasteiger partial charge < -0.3 is 19.5 Å². The number of hydrogen-bond donors (Lipinski definition) is 2. The number of aromatic amines is 1. The molecule has 0 saturated carbocycles. The van der Waals surface area contributed by atoms with Gasteiger partial charge >= 0.3 is 5.97 Å². The van der Waals surface area contributed by atoms with E-state index >= 15 is 0 Å². The molecule has 2 rings (SSSR count). The number of rotatable bonds is 6. The van der Waals surface area contributed by atoms with E-state index in [1.165, 1.54) is 0 Å². The van der Waals surface area contributed by atoms with E-state index in [0.29, 0.717) is 12.3 Å². The van der Waals surface area contributed by atoms with E-state index in [4.69, 9.17) is 9.15 Å². The minimum Gasteiger partial charge on any atom is -0.463 e. The Balaban J connectivity index is 2.02. The van der Waals surface area contributed by atoms with E-state index in [0.717, 1.165) is 35.7 Å². The summed E-state index contributed by atoms with van der Waals surface area (Å²) in [5.41, 5.74) is 3.70. The molecule has 0 atom stereocenters. The molecule has 0 radical (unpaired) electrons. The van der Waals surface area contributed by atoms with Gasteiger partial charge in [-0.3, -0.25) is 0 Å². The molecule has 20 heavy (non-hydrogen) atoms. The van der Waals surface area contributed by atoms with Crippen LogP contribution in [0.4, 0.5) is 0 Å². The highest BCUT2D eigenvalue weighted by Gasteiger charge is 2.19. The van der Waals surface area contributed by atoms with Crippen molar-refractivity contribution < 1.29 is 19.3 Å². The molecule has 0 bridgehead atoms. The molecule has 5 nitrogen and oxygen atoms in total. The van der Waals surface area contributed by atoms with Crippen molar-refractivity contribution in [2.75, 3.05) is 6.61 Å². The zero-order chi connectivity index (χ0) is 14.5. The van der Waals surface area contributed by atoms with Crippen molar-refractivity contribution in [2.24, 2.45) is 0 Å². The smallest absolute Gasteiger partial charge is 0.355 e. The molecule has 5 heteroatoms. The Bertz CT molecular complexity index is 570. The molecule has 0 saturated heterocycles. The Morgan fingerprint density at radius 3 is 2.85 bits per heavy atom. The molecule has 0 aliphatic rings. The number of aryl methyl sites for hydroxylation is 1. The molecule has 0 aromatic carbocycles. The van der Waals surface area contributed by atoms with Gasteiger partial charge in [0.1, 0.15) is 18.8 Å². The fourth-order valence-corrected chi connectivity index (χ4v) is 2.29. The van der Waals surface area contributed by atoms with Crippen LogP contribution in [-0.2, 0) is 17.8 Å². The summed E-state index contributed by atoms with van der Waals surface area (Å²) in [6, 6.07) is 3.84. The number of furan rings is 1. The van der Waals surface area contributed by atoms with Crippen LogP contribution in [0.5, 0.6) is 0 Å². The van der Waals surface area contributed by atoms with Gasteiger partial charge in [0, 0.05) is 11.3 Å². The van der Waals surface area contributed by atoms with Crippen molar-refractivity contribution in [1.29, 1.82) is 0 Å². The molecule has 0 unspecified atom stereocenters. The maximum atomic E-state index is 11.8. The molecule has 0 spiro atoms. The number of hydrogen-bond acceptors (Lipinski definition) is 3. The van der Waals surface area contributed by atoms with Gasteiger partial charge in [0.25, 0.3) is 0 Å². The number of quaternary nitrogens is 1. The van der Waals surface area contributed by atoms with E-state index in [2.05, 4.69) is 10.3 Å². The van der Waals surface area contributed by atoms with Crippen molar-refractivity contribution in [3.05, 3.63) is 46.7 Å². The fraction of sp³-hybridized carbons (Fsp3) is 0.400. The monoisotopic (exact) mass is 277 g/mol. The lowest BCUT2D eigenvalue weighted by atomic mass is 10.1. The third-order valence-corrected chi connectivity index (χ3v) is 3.35. The van der Waals surface area contributed by atoms with Crippen molar-refractivity contribution in [3.8, 4) is 0 Å². The quantitative estimate of drug-likeness (QED) is 0.789. The molecular weight excluding hydrogens is 256 g/mol. The molecule has 0 aliphatic carbocycles. The van der Waals surface area contributed by atoms with Crippen LogP contribution in [0.3, 0.4) is 0 Å². The Labute approximate surface area is 118 Å². The van der Waals surface area contributed by atoms with Crippen LogP contribution in [0.25, 0.3) is 0 Å². The molecule has 2 aromatic rings. The number of ether oxygens (including phenoxy) is 1. The first-order valence-electron chi connectivity index (χ1n) is 6.82.